The van der Waals surface area contributed by atoms with Crippen molar-refractivity contribution in [2.45, 2.75) is 32.6 Å². The van der Waals surface area contributed by atoms with E-state index in [2.05, 4.69) is 15.2 Å². The van der Waals surface area contributed by atoms with Crippen molar-refractivity contribution in [1.82, 2.24) is 4.98 Å². The number of benzene rings is 1. The topological polar surface area (TPSA) is 97.6 Å². The molecule has 160 valence electrons. The number of nitro groups is 1. The third-order valence-electron chi connectivity index (χ3n) is 5.43. The lowest BCUT2D eigenvalue weighted by atomic mass is 9.92. The van der Waals surface area contributed by atoms with E-state index < -0.39 is 5.97 Å². The van der Waals surface area contributed by atoms with E-state index >= 15 is 0 Å². The number of piperidine rings is 1. The lowest BCUT2D eigenvalue weighted by Gasteiger charge is -2.34. The van der Waals surface area contributed by atoms with Gasteiger partial charge in [-0.2, -0.15) is 0 Å². The van der Waals surface area contributed by atoms with Crippen molar-refractivity contribution in [1.29, 1.82) is 0 Å². The molecule has 0 amide bonds. The van der Waals surface area contributed by atoms with Gasteiger partial charge in [0.25, 0.3) is 5.69 Å². The summed E-state index contributed by atoms with van der Waals surface area (Å²) in [6.45, 7) is 4.39. The normalized spacial score (nSPS) is 16.2. The second-order valence-electron chi connectivity index (χ2n) is 7.67. The highest BCUT2D eigenvalue weighted by atomic mass is 16.6. The Bertz CT molecular complexity index is 902. The molecule has 3 rings (SSSR count). The number of nitrogens with zero attached hydrogens (tertiary/aromatic N) is 3. The van der Waals surface area contributed by atoms with Crippen LogP contribution in [0.25, 0.3) is 0 Å². The van der Waals surface area contributed by atoms with Gasteiger partial charge >= 0.3 is 5.97 Å². The summed E-state index contributed by atoms with van der Waals surface area (Å²) in [7, 11) is 1.34. The third-order valence-corrected chi connectivity index (χ3v) is 5.43. The number of rotatable bonds is 8. The molecule has 1 aliphatic rings. The second kappa shape index (κ2) is 10.0. The van der Waals surface area contributed by atoms with E-state index in [0.717, 1.165) is 56.6 Å². The Balaban J connectivity index is 1.52. The Morgan fingerprint density at radius 2 is 2.20 bits per heavy atom. The van der Waals surface area contributed by atoms with Gasteiger partial charge in [-0.1, -0.05) is 12.1 Å². The SMILES string of the molecule is COC(=O)c1cccc(NCCCC2CCCN(c3cc(C)ccc3[N+](=O)[O-])C2)n1. The first-order chi connectivity index (χ1) is 14.5. The zero-order valence-corrected chi connectivity index (χ0v) is 17.5. The van der Waals surface area contributed by atoms with Crippen molar-refractivity contribution in [2.24, 2.45) is 5.92 Å². The number of aryl methyl sites for hydroxylation is 1. The van der Waals surface area contributed by atoms with Crippen LogP contribution in [0, 0.1) is 23.0 Å². The first-order valence-electron chi connectivity index (χ1n) is 10.3. The highest BCUT2D eigenvalue weighted by Gasteiger charge is 2.25. The predicted molar refractivity (Wildman–Crippen MR) is 116 cm³/mol. The van der Waals surface area contributed by atoms with E-state index in [0.29, 0.717) is 11.7 Å². The van der Waals surface area contributed by atoms with E-state index in [9.17, 15) is 14.9 Å². The van der Waals surface area contributed by atoms with Gasteiger partial charge in [0.1, 0.15) is 11.5 Å². The maximum Gasteiger partial charge on any atom is 0.356 e. The molecule has 8 nitrogen and oxygen atoms in total. The van der Waals surface area contributed by atoms with Crippen molar-refractivity contribution in [3.05, 3.63) is 57.8 Å². The molecule has 8 heteroatoms. The number of anilines is 2. The first-order valence-corrected chi connectivity index (χ1v) is 10.3. The van der Waals surface area contributed by atoms with E-state index in [4.69, 9.17) is 4.74 Å². The number of hydrogen-bond acceptors (Lipinski definition) is 7. The average Bonchev–Trinajstić information content (AvgIpc) is 2.76. The number of methoxy groups -OCH3 is 1. The van der Waals surface area contributed by atoms with Gasteiger partial charge in [-0.15, -0.1) is 0 Å². The highest BCUT2D eigenvalue weighted by molar-refractivity contribution is 5.87. The second-order valence-corrected chi connectivity index (χ2v) is 7.67. The summed E-state index contributed by atoms with van der Waals surface area (Å²) in [4.78, 5) is 29.1. The summed E-state index contributed by atoms with van der Waals surface area (Å²) in [6.07, 6.45) is 4.15. The maximum absolute atomic E-state index is 11.6. The molecule has 0 saturated carbocycles. The number of aromatic nitrogens is 1. The van der Waals surface area contributed by atoms with Crippen molar-refractivity contribution < 1.29 is 14.5 Å². The Morgan fingerprint density at radius 1 is 1.37 bits per heavy atom. The van der Waals surface area contributed by atoms with Crippen LogP contribution in [0.5, 0.6) is 0 Å². The molecule has 1 aliphatic heterocycles. The largest absolute Gasteiger partial charge is 0.464 e. The maximum atomic E-state index is 11.6. The number of hydrogen-bond donors (Lipinski definition) is 1. The van der Waals surface area contributed by atoms with Crippen LogP contribution in [-0.4, -0.2) is 42.6 Å². The fourth-order valence-electron chi connectivity index (χ4n) is 3.92. The first kappa shape index (κ1) is 21.5. The molecular weight excluding hydrogens is 384 g/mol. The summed E-state index contributed by atoms with van der Waals surface area (Å²) in [6, 6.07) is 10.5. The minimum absolute atomic E-state index is 0.180. The molecule has 0 radical (unpaired) electrons. The molecule has 1 fully saturated rings. The van der Waals surface area contributed by atoms with E-state index in [1.54, 1.807) is 24.3 Å². The number of pyridine rings is 1. The van der Waals surface area contributed by atoms with Crippen LogP contribution < -0.4 is 10.2 Å². The van der Waals surface area contributed by atoms with Crippen LogP contribution in [0.15, 0.2) is 36.4 Å². The van der Waals surface area contributed by atoms with Crippen LogP contribution >= 0.6 is 0 Å². The molecule has 2 heterocycles. The summed E-state index contributed by atoms with van der Waals surface area (Å²) >= 11 is 0. The number of nitrogens with one attached hydrogen (secondary N) is 1. The minimum Gasteiger partial charge on any atom is -0.464 e. The Hall–Kier alpha value is -3.16. The number of nitro benzene ring substituents is 1. The fraction of sp³-hybridized carbons (Fsp3) is 0.455. The van der Waals surface area contributed by atoms with Crippen LogP contribution in [0.4, 0.5) is 17.2 Å². The van der Waals surface area contributed by atoms with Gasteiger partial charge in [0.15, 0.2) is 5.69 Å². The van der Waals surface area contributed by atoms with Crippen molar-refractivity contribution in [2.75, 3.05) is 37.0 Å². The predicted octanol–water partition coefficient (Wildman–Crippen LogP) is 4.19. The lowest BCUT2D eigenvalue weighted by molar-refractivity contribution is -0.384. The zero-order chi connectivity index (χ0) is 21.5. The number of esters is 1. The molecule has 1 saturated heterocycles. The van der Waals surface area contributed by atoms with Crippen LogP contribution in [0.1, 0.15) is 41.7 Å². The van der Waals surface area contributed by atoms with Gasteiger partial charge in [-0.25, -0.2) is 9.78 Å². The van der Waals surface area contributed by atoms with E-state index in [1.807, 2.05) is 19.1 Å². The molecule has 1 N–H and O–H groups in total. The smallest absolute Gasteiger partial charge is 0.356 e. The molecule has 0 aliphatic carbocycles. The van der Waals surface area contributed by atoms with Crippen LogP contribution in [0.2, 0.25) is 0 Å². The standard InChI is InChI=1S/C22H28N4O4/c1-16-10-11-19(26(28)29)20(14-16)25-13-5-7-17(15-25)6-4-12-23-21-9-3-8-18(24-21)22(27)30-2/h3,8-11,14,17H,4-7,12-13,15H2,1-2H3,(H,23,24). The van der Waals surface area contributed by atoms with Gasteiger partial charge in [0.2, 0.25) is 0 Å². The van der Waals surface area contributed by atoms with Crippen LogP contribution in [-0.2, 0) is 4.74 Å². The van der Waals surface area contributed by atoms with Gasteiger partial charge in [0, 0.05) is 25.7 Å². The van der Waals surface area contributed by atoms with Crippen molar-refractivity contribution in [3.8, 4) is 0 Å². The van der Waals surface area contributed by atoms with Crippen molar-refractivity contribution >= 4 is 23.2 Å². The van der Waals surface area contributed by atoms with E-state index in [1.165, 1.54) is 7.11 Å². The number of carbonyl (C=O) groups excluding carboxylic acids is 1. The minimum atomic E-state index is -0.453. The molecule has 1 unspecified atom stereocenters. The molecular formula is C22H28N4O4. The quantitative estimate of drug-likeness (QED) is 0.300. The van der Waals surface area contributed by atoms with Gasteiger partial charge in [-0.05, 0) is 62.3 Å². The fourth-order valence-corrected chi connectivity index (χ4v) is 3.92. The number of ether oxygens (including phenoxy) is 1. The number of carbonyl (C=O) groups is 1. The summed E-state index contributed by atoms with van der Waals surface area (Å²) < 4.78 is 4.70. The molecule has 1 atom stereocenters. The Morgan fingerprint density at radius 3 is 2.97 bits per heavy atom. The van der Waals surface area contributed by atoms with Crippen LogP contribution in [0.3, 0.4) is 0 Å². The van der Waals surface area contributed by atoms with E-state index in [-0.39, 0.29) is 16.3 Å². The highest BCUT2D eigenvalue weighted by Crippen LogP contribution is 2.33. The monoisotopic (exact) mass is 412 g/mol. The average molecular weight is 412 g/mol. The molecule has 1 aromatic heterocycles. The molecule has 2 aromatic rings. The molecule has 0 bridgehead atoms. The summed E-state index contributed by atoms with van der Waals surface area (Å²) in [5, 5.41) is 14.7. The Labute approximate surface area is 176 Å². The van der Waals surface area contributed by atoms with Crippen molar-refractivity contribution in [3.63, 3.8) is 0 Å². The Kier molecular flexibility index (Phi) is 7.21. The lowest BCUT2D eigenvalue weighted by Crippen LogP contribution is -2.36. The summed E-state index contributed by atoms with van der Waals surface area (Å²) in [5.41, 5.74) is 2.22. The molecule has 0 spiro atoms. The van der Waals surface area contributed by atoms with Gasteiger partial charge in [0.05, 0.1) is 12.0 Å². The molecule has 30 heavy (non-hydrogen) atoms. The zero-order valence-electron chi connectivity index (χ0n) is 17.5. The molecule has 1 aromatic carbocycles. The van der Waals surface area contributed by atoms with Gasteiger partial charge < -0.3 is 15.0 Å². The van der Waals surface area contributed by atoms with Gasteiger partial charge in [-0.3, -0.25) is 10.1 Å². The third kappa shape index (κ3) is 5.46. The summed E-state index contributed by atoms with van der Waals surface area (Å²) in [5.74, 6) is 0.694.